The van der Waals surface area contributed by atoms with Crippen molar-refractivity contribution in [1.29, 1.82) is 0 Å². The predicted octanol–water partition coefficient (Wildman–Crippen LogP) is 8.09. The van der Waals surface area contributed by atoms with Crippen LogP contribution in [0.2, 0.25) is 0 Å². The number of hydrogen-bond acceptors (Lipinski definition) is 12. The Morgan fingerprint density at radius 3 is 2.46 bits per heavy atom. The maximum atomic E-state index is 15.7. The van der Waals surface area contributed by atoms with Crippen molar-refractivity contribution in [3.8, 4) is 23.3 Å². The number of esters is 2. The molecular weight excluding hydrogens is 887 g/mol. The van der Waals surface area contributed by atoms with E-state index in [4.69, 9.17) is 14.2 Å². The number of fused-ring (bicyclic) bond motifs is 9. The molecular formula is C58H71NO11. The number of nitrogens with one attached hydrogen (secondary N) is 1. The fraction of sp³-hybridized carbons (Fsp3) is 0.569. The largest absolute Gasteiger partial charge is 0.507 e. The van der Waals surface area contributed by atoms with Crippen molar-refractivity contribution in [3.05, 3.63) is 98.1 Å². The second-order valence-electron chi connectivity index (χ2n) is 21.5. The molecule has 12 heteroatoms. The number of aromatic hydroxyl groups is 1. The lowest BCUT2D eigenvalue weighted by molar-refractivity contribution is -0.176. The van der Waals surface area contributed by atoms with Gasteiger partial charge in [0.1, 0.15) is 29.0 Å². The summed E-state index contributed by atoms with van der Waals surface area (Å²) < 4.78 is 18.3. The van der Waals surface area contributed by atoms with E-state index in [2.05, 4.69) is 35.4 Å². The van der Waals surface area contributed by atoms with Gasteiger partial charge in [-0.15, -0.1) is 0 Å². The highest BCUT2D eigenvalue weighted by Crippen LogP contribution is 2.51. The SMILES string of the molecule is CCC[C@]1(O)[C@H]2CCC(=O)[C@@H](Cc3ccc4c(c3)C[C@H](O)/C(=C3/C[C@@H](c5cc(CO)cc(NC[C@@](C)(O)CCOC)c5)C#C[C@H]5CC(=O)Oc6c5cc(c(O)c6C5CCCCC5)C[C@H]1OC3=O)CC4)C2. The minimum atomic E-state index is -1.63. The van der Waals surface area contributed by atoms with Crippen LogP contribution in [0.4, 0.5) is 5.69 Å². The molecule has 3 aromatic rings. The third-order valence-corrected chi connectivity index (χ3v) is 16.5. The molecule has 0 spiro atoms. The number of hydrogen-bond donors (Lipinski definition) is 6. The molecule has 12 nitrogen and oxygen atoms in total. The molecule has 0 radical (unpaired) electrons. The van der Waals surface area contributed by atoms with Crippen molar-refractivity contribution in [2.24, 2.45) is 11.8 Å². The summed E-state index contributed by atoms with van der Waals surface area (Å²) in [6.07, 6.45) is 6.03. The van der Waals surface area contributed by atoms with E-state index in [1.54, 1.807) is 20.1 Å². The fourth-order valence-corrected chi connectivity index (χ4v) is 12.6. The minimum absolute atomic E-state index is 0.0151. The second kappa shape index (κ2) is 21.0. The van der Waals surface area contributed by atoms with E-state index in [1.807, 2.05) is 25.1 Å². The number of aliphatic hydroxyl groups excluding tert-OH is 2. The fourth-order valence-electron chi connectivity index (χ4n) is 12.6. The minimum Gasteiger partial charge on any atom is -0.507 e. The van der Waals surface area contributed by atoms with Crippen molar-refractivity contribution < 1.29 is 54.1 Å². The average molecular weight is 958 g/mol. The van der Waals surface area contributed by atoms with Gasteiger partial charge < -0.3 is 45.1 Å². The molecule has 3 aliphatic heterocycles. The molecule has 70 heavy (non-hydrogen) atoms. The quantitative estimate of drug-likeness (QED) is 0.0616. The number of aryl methyl sites for hydroxylation is 1. The van der Waals surface area contributed by atoms with E-state index in [0.717, 1.165) is 48.8 Å². The first-order valence-electron chi connectivity index (χ1n) is 25.9. The van der Waals surface area contributed by atoms with E-state index in [-0.39, 0.29) is 80.6 Å². The third-order valence-electron chi connectivity index (χ3n) is 16.5. The number of aliphatic hydroxyl groups is 4. The van der Waals surface area contributed by atoms with Gasteiger partial charge in [0.15, 0.2) is 0 Å². The lowest BCUT2D eigenvalue weighted by atomic mass is 9.66. The topological polar surface area (TPSA) is 192 Å². The molecule has 8 atom stereocenters. The van der Waals surface area contributed by atoms with Gasteiger partial charge in [0.2, 0.25) is 0 Å². The summed E-state index contributed by atoms with van der Waals surface area (Å²) >= 11 is 0. The molecule has 9 bridgehead atoms. The molecule has 0 saturated heterocycles. The molecule has 9 rings (SSSR count). The van der Waals surface area contributed by atoms with Gasteiger partial charge in [-0.05, 0) is 134 Å². The Bertz CT molecular complexity index is 2580. The lowest BCUT2D eigenvalue weighted by Crippen LogP contribution is -2.54. The highest BCUT2D eigenvalue weighted by molar-refractivity contribution is 5.90. The number of methoxy groups -OCH3 is 1. The molecule has 0 aromatic heterocycles. The Morgan fingerprint density at radius 2 is 1.69 bits per heavy atom. The van der Waals surface area contributed by atoms with Crippen LogP contribution in [0.25, 0.3) is 0 Å². The van der Waals surface area contributed by atoms with E-state index < -0.39 is 53.1 Å². The number of anilines is 1. The molecule has 3 aromatic carbocycles. The zero-order chi connectivity index (χ0) is 49.3. The van der Waals surface area contributed by atoms with Crippen LogP contribution in [-0.2, 0) is 56.1 Å². The van der Waals surface area contributed by atoms with Crippen molar-refractivity contribution in [2.75, 3.05) is 25.6 Å². The monoisotopic (exact) mass is 958 g/mol. The maximum Gasteiger partial charge on any atom is 0.334 e. The lowest BCUT2D eigenvalue weighted by Gasteiger charge is -2.45. The normalized spacial score (nSPS) is 28.9. The summed E-state index contributed by atoms with van der Waals surface area (Å²) in [5, 5.41) is 63.8. The van der Waals surface area contributed by atoms with Crippen LogP contribution in [0.15, 0.2) is 53.6 Å². The number of carbonyl (C=O) groups excluding carboxylic acids is 3. The van der Waals surface area contributed by atoms with Crippen LogP contribution in [0.5, 0.6) is 11.5 Å². The van der Waals surface area contributed by atoms with Gasteiger partial charge in [0.05, 0.1) is 30.7 Å². The number of rotatable bonds is 11. The van der Waals surface area contributed by atoms with E-state index in [9.17, 15) is 35.1 Å². The third kappa shape index (κ3) is 10.5. The Labute approximate surface area is 412 Å². The highest BCUT2D eigenvalue weighted by atomic mass is 16.6. The molecule has 3 heterocycles. The molecule has 2 saturated carbocycles. The van der Waals surface area contributed by atoms with Crippen LogP contribution >= 0.6 is 0 Å². The van der Waals surface area contributed by atoms with Gasteiger partial charge in [-0.25, -0.2) is 4.79 Å². The molecule has 374 valence electrons. The molecule has 0 unspecified atom stereocenters. The van der Waals surface area contributed by atoms with Crippen molar-refractivity contribution >= 4 is 23.4 Å². The van der Waals surface area contributed by atoms with Crippen LogP contribution < -0.4 is 10.1 Å². The van der Waals surface area contributed by atoms with Crippen molar-refractivity contribution in [3.63, 3.8) is 0 Å². The van der Waals surface area contributed by atoms with Gasteiger partial charge in [0.25, 0.3) is 0 Å². The Hall–Kier alpha value is -5.03. The van der Waals surface area contributed by atoms with Crippen molar-refractivity contribution in [2.45, 2.75) is 177 Å². The number of benzene rings is 3. The summed E-state index contributed by atoms with van der Waals surface area (Å²) in [5.74, 6) is 3.98. The zero-order valence-electron chi connectivity index (χ0n) is 41.1. The molecule has 3 aliphatic carbocycles. The van der Waals surface area contributed by atoms with Gasteiger partial charge in [-0.3, -0.25) is 9.59 Å². The van der Waals surface area contributed by atoms with Crippen LogP contribution in [-0.4, -0.2) is 86.9 Å². The summed E-state index contributed by atoms with van der Waals surface area (Å²) in [5.41, 5.74) is 4.54. The standard InChI is InChI=1S/C58H71NO11/c1-4-18-58(67)44-15-17-49(61)42(25-44)22-34-10-11-36-14-16-46(50(62)29-41(36)21-34)48-27-38(40-23-35(32-60)24-45(26-40)59-33-57(2,66)19-20-68-3)12-13-39-31-52(63)70-55-47(39)28-43(30-51(58)69-56(48)65)54(64)53(55)37-8-6-5-7-9-37/h10-11,21,23-24,26,28,37-39,42,44,50-51,59-60,62,64,66-67H,4-9,14-20,22,25,27,29-33H2,1-3H3/b48-46-/t38-,39-,42-,44-,50-,51+,57-,58-/m0/s1. The molecule has 6 aliphatic rings. The number of phenolic OH excluding ortho intramolecular Hbond substituents is 1. The first-order chi connectivity index (χ1) is 33.7. The Balaban J connectivity index is 1.28. The van der Waals surface area contributed by atoms with Crippen LogP contribution in [0.3, 0.4) is 0 Å². The molecule has 6 N–H and O–H groups in total. The first-order valence-corrected chi connectivity index (χ1v) is 25.9. The number of Topliss-reactive ketones (excluding diaryl/α,β-unsaturated/α-hetero) is 1. The van der Waals surface area contributed by atoms with E-state index in [1.165, 1.54) is 0 Å². The van der Waals surface area contributed by atoms with E-state index >= 15 is 4.79 Å². The van der Waals surface area contributed by atoms with Gasteiger partial charge in [0, 0.05) is 80.2 Å². The molecule has 0 amide bonds. The summed E-state index contributed by atoms with van der Waals surface area (Å²) in [6, 6.07) is 13.6. The predicted molar refractivity (Wildman–Crippen MR) is 265 cm³/mol. The summed E-state index contributed by atoms with van der Waals surface area (Å²) in [7, 11) is 1.58. The second-order valence-corrected chi connectivity index (χ2v) is 21.5. The zero-order valence-corrected chi connectivity index (χ0v) is 41.1. The summed E-state index contributed by atoms with van der Waals surface area (Å²) in [4.78, 5) is 43.3. The highest BCUT2D eigenvalue weighted by Gasteiger charge is 2.50. The Kier molecular flexibility index (Phi) is 15.0. The van der Waals surface area contributed by atoms with Crippen LogP contribution in [0, 0.1) is 23.7 Å². The number of phenols is 1. The van der Waals surface area contributed by atoms with Gasteiger partial charge in [-0.1, -0.05) is 68.7 Å². The van der Waals surface area contributed by atoms with Crippen molar-refractivity contribution in [1.82, 2.24) is 0 Å². The molecule has 2 fully saturated rings. The number of ketones is 1. The maximum absolute atomic E-state index is 15.7. The number of ether oxygens (including phenoxy) is 3. The smallest absolute Gasteiger partial charge is 0.334 e. The van der Waals surface area contributed by atoms with Crippen LogP contribution in [0.1, 0.15) is 166 Å². The number of carbonyl (C=O) groups is 3. The van der Waals surface area contributed by atoms with Gasteiger partial charge in [-0.2, -0.15) is 0 Å². The van der Waals surface area contributed by atoms with Gasteiger partial charge >= 0.3 is 11.9 Å². The Morgan fingerprint density at radius 1 is 0.886 bits per heavy atom. The summed E-state index contributed by atoms with van der Waals surface area (Å²) in [6.45, 7) is 3.94. The van der Waals surface area contributed by atoms with E-state index in [0.29, 0.717) is 96.4 Å². The average Bonchev–Trinajstić information content (AvgIpc) is 3.50. The first kappa shape index (κ1) is 49.9.